The standard InChI is InChI=1S/C16H18ClN3S/c17-12-6-3-7-13(8-12)21-10-16-19-14(9-15(18)20-16)11-4-1-2-5-11/h3,6-9,11H,1-2,4-5,10H2,(H2,18,19,20). The second kappa shape index (κ2) is 6.67. The predicted molar refractivity (Wildman–Crippen MR) is 88.7 cm³/mol. The van der Waals surface area contributed by atoms with E-state index in [0.29, 0.717) is 17.5 Å². The van der Waals surface area contributed by atoms with Gasteiger partial charge in [0.05, 0.1) is 5.75 Å². The van der Waals surface area contributed by atoms with Crippen molar-refractivity contribution in [3.63, 3.8) is 0 Å². The number of thioether (sulfide) groups is 1. The van der Waals surface area contributed by atoms with Crippen LogP contribution in [0.25, 0.3) is 0 Å². The maximum absolute atomic E-state index is 6.00. The van der Waals surface area contributed by atoms with Crippen molar-refractivity contribution in [1.29, 1.82) is 0 Å². The molecule has 1 aliphatic rings. The summed E-state index contributed by atoms with van der Waals surface area (Å²) in [6.07, 6.45) is 5.02. The molecule has 0 atom stereocenters. The van der Waals surface area contributed by atoms with Crippen molar-refractivity contribution in [3.8, 4) is 0 Å². The summed E-state index contributed by atoms with van der Waals surface area (Å²) in [6.45, 7) is 0. The zero-order chi connectivity index (χ0) is 14.7. The molecule has 110 valence electrons. The van der Waals surface area contributed by atoms with Gasteiger partial charge in [-0.25, -0.2) is 9.97 Å². The number of hydrogen-bond donors (Lipinski definition) is 1. The van der Waals surface area contributed by atoms with E-state index in [0.717, 1.165) is 21.4 Å². The van der Waals surface area contributed by atoms with E-state index in [1.807, 2.05) is 30.3 Å². The number of nitrogen functional groups attached to an aromatic ring is 1. The Morgan fingerprint density at radius 2 is 2.00 bits per heavy atom. The topological polar surface area (TPSA) is 51.8 Å². The van der Waals surface area contributed by atoms with Crippen molar-refractivity contribution >= 4 is 29.2 Å². The highest BCUT2D eigenvalue weighted by Crippen LogP contribution is 2.34. The lowest BCUT2D eigenvalue weighted by atomic mass is 10.0. The summed E-state index contributed by atoms with van der Waals surface area (Å²) in [4.78, 5) is 10.2. The average molecular weight is 320 g/mol. The Balaban J connectivity index is 1.72. The number of aromatic nitrogens is 2. The minimum Gasteiger partial charge on any atom is -0.384 e. The molecular formula is C16H18ClN3S. The molecule has 1 fully saturated rings. The second-order valence-electron chi connectivity index (χ2n) is 5.36. The summed E-state index contributed by atoms with van der Waals surface area (Å²) in [5, 5.41) is 0.750. The van der Waals surface area contributed by atoms with E-state index in [2.05, 4.69) is 4.98 Å². The van der Waals surface area contributed by atoms with Gasteiger partial charge >= 0.3 is 0 Å². The molecule has 3 nitrogen and oxygen atoms in total. The largest absolute Gasteiger partial charge is 0.384 e. The molecule has 3 rings (SSSR count). The van der Waals surface area contributed by atoms with Crippen LogP contribution in [-0.4, -0.2) is 9.97 Å². The van der Waals surface area contributed by atoms with E-state index >= 15 is 0 Å². The second-order valence-corrected chi connectivity index (χ2v) is 6.85. The van der Waals surface area contributed by atoms with Gasteiger partial charge in [0, 0.05) is 27.6 Å². The van der Waals surface area contributed by atoms with Crippen molar-refractivity contribution in [2.45, 2.75) is 42.2 Å². The lowest BCUT2D eigenvalue weighted by Gasteiger charge is -2.11. The van der Waals surface area contributed by atoms with Gasteiger partial charge in [0.1, 0.15) is 11.6 Å². The summed E-state index contributed by atoms with van der Waals surface area (Å²) in [7, 11) is 0. The van der Waals surface area contributed by atoms with Crippen LogP contribution in [-0.2, 0) is 5.75 Å². The lowest BCUT2D eigenvalue weighted by molar-refractivity contribution is 0.689. The molecule has 0 aliphatic heterocycles. The molecule has 0 radical (unpaired) electrons. The first-order valence-electron chi connectivity index (χ1n) is 7.22. The van der Waals surface area contributed by atoms with Crippen molar-refractivity contribution in [2.75, 3.05) is 5.73 Å². The monoisotopic (exact) mass is 319 g/mol. The number of rotatable bonds is 4. The van der Waals surface area contributed by atoms with Crippen molar-refractivity contribution in [2.24, 2.45) is 0 Å². The van der Waals surface area contributed by atoms with Gasteiger partial charge in [-0.05, 0) is 31.0 Å². The molecule has 0 spiro atoms. The molecule has 1 heterocycles. The number of nitrogens with zero attached hydrogens (tertiary/aromatic N) is 2. The third kappa shape index (κ3) is 3.89. The first kappa shape index (κ1) is 14.7. The fraction of sp³-hybridized carbons (Fsp3) is 0.375. The summed E-state index contributed by atoms with van der Waals surface area (Å²) in [5.74, 6) is 2.66. The maximum Gasteiger partial charge on any atom is 0.141 e. The molecule has 1 saturated carbocycles. The van der Waals surface area contributed by atoms with Gasteiger partial charge < -0.3 is 5.73 Å². The van der Waals surface area contributed by atoms with Crippen LogP contribution in [0.5, 0.6) is 0 Å². The normalized spacial score (nSPS) is 15.5. The van der Waals surface area contributed by atoms with E-state index in [1.165, 1.54) is 25.7 Å². The van der Waals surface area contributed by atoms with Gasteiger partial charge in [-0.15, -0.1) is 11.8 Å². The third-order valence-corrected chi connectivity index (χ3v) is 4.97. The Labute approximate surface area is 134 Å². The molecule has 2 aromatic rings. The maximum atomic E-state index is 6.00. The van der Waals surface area contributed by atoms with Crippen LogP contribution in [0.3, 0.4) is 0 Å². The first-order valence-corrected chi connectivity index (χ1v) is 8.59. The Morgan fingerprint density at radius 1 is 1.19 bits per heavy atom. The number of benzene rings is 1. The highest BCUT2D eigenvalue weighted by atomic mass is 35.5. The average Bonchev–Trinajstić information content (AvgIpc) is 2.99. The van der Waals surface area contributed by atoms with Gasteiger partial charge in [0.25, 0.3) is 0 Å². The van der Waals surface area contributed by atoms with E-state index < -0.39 is 0 Å². The minimum absolute atomic E-state index is 0.560. The molecule has 5 heteroatoms. The Morgan fingerprint density at radius 3 is 2.76 bits per heavy atom. The molecule has 1 aromatic carbocycles. The van der Waals surface area contributed by atoms with E-state index in [-0.39, 0.29) is 0 Å². The fourth-order valence-corrected chi connectivity index (χ4v) is 3.80. The van der Waals surface area contributed by atoms with Crippen LogP contribution in [0.15, 0.2) is 35.2 Å². The van der Waals surface area contributed by atoms with Crippen LogP contribution in [0.2, 0.25) is 5.02 Å². The van der Waals surface area contributed by atoms with E-state index in [9.17, 15) is 0 Å². The molecule has 0 saturated heterocycles. The predicted octanol–water partition coefficient (Wildman–Crippen LogP) is 4.66. The van der Waals surface area contributed by atoms with E-state index in [1.54, 1.807) is 11.8 Å². The lowest BCUT2D eigenvalue weighted by Crippen LogP contribution is -2.05. The van der Waals surface area contributed by atoms with Crippen molar-refractivity contribution in [1.82, 2.24) is 9.97 Å². The van der Waals surface area contributed by atoms with E-state index in [4.69, 9.17) is 22.3 Å². The number of nitrogens with two attached hydrogens (primary N) is 1. The quantitative estimate of drug-likeness (QED) is 0.832. The van der Waals surface area contributed by atoms with Gasteiger partial charge in [-0.1, -0.05) is 30.5 Å². The third-order valence-electron chi connectivity index (χ3n) is 3.75. The fourth-order valence-electron chi connectivity index (χ4n) is 2.74. The Hall–Kier alpha value is -1.26. The number of anilines is 1. The summed E-state index contributed by atoms with van der Waals surface area (Å²) in [5.41, 5.74) is 7.05. The van der Waals surface area contributed by atoms with Crippen molar-refractivity contribution in [3.05, 3.63) is 46.9 Å². The summed E-state index contributed by atoms with van der Waals surface area (Å²) < 4.78 is 0. The smallest absolute Gasteiger partial charge is 0.141 e. The van der Waals surface area contributed by atoms with Crippen LogP contribution in [0.1, 0.15) is 43.1 Å². The summed E-state index contributed by atoms with van der Waals surface area (Å²) in [6, 6.07) is 9.76. The zero-order valence-corrected chi connectivity index (χ0v) is 13.3. The molecule has 0 amide bonds. The van der Waals surface area contributed by atoms with Crippen LogP contribution in [0, 0.1) is 0 Å². The molecule has 21 heavy (non-hydrogen) atoms. The SMILES string of the molecule is Nc1cc(C2CCCC2)nc(CSc2cccc(Cl)c2)n1. The number of halogens is 1. The Bertz CT molecular complexity index is 627. The van der Waals surface area contributed by atoms with Gasteiger partial charge in [0.2, 0.25) is 0 Å². The molecule has 1 aromatic heterocycles. The minimum atomic E-state index is 0.560. The Kier molecular flexibility index (Phi) is 4.66. The van der Waals surface area contributed by atoms with Gasteiger partial charge in [-0.3, -0.25) is 0 Å². The van der Waals surface area contributed by atoms with Crippen molar-refractivity contribution < 1.29 is 0 Å². The first-order chi connectivity index (χ1) is 10.2. The highest BCUT2D eigenvalue weighted by molar-refractivity contribution is 7.98. The summed E-state index contributed by atoms with van der Waals surface area (Å²) >= 11 is 7.68. The zero-order valence-electron chi connectivity index (χ0n) is 11.8. The number of hydrogen-bond acceptors (Lipinski definition) is 4. The molecule has 1 aliphatic carbocycles. The highest BCUT2D eigenvalue weighted by Gasteiger charge is 2.19. The van der Waals surface area contributed by atoms with Gasteiger partial charge in [0.15, 0.2) is 0 Å². The molecular weight excluding hydrogens is 302 g/mol. The molecule has 2 N–H and O–H groups in total. The molecule has 0 unspecified atom stereocenters. The van der Waals surface area contributed by atoms with Gasteiger partial charge in [-0.2, -0.15) is 0 Å². The van der Waals surface area contributed by atoms with Crippen LogP contribution in [0.4, 0.5) is 5.82 Å². The molecule has 0 bridgehead atoms. The van der Waals surface area contributed by atoms with Crippen LogP contribution < -0.4 is 5.73 Å². The van der Waals surface area contributed by atoms with Crippen LogP contribution >= 0.6 is 23.4 Å².